The van der Waals surface area contributed by atoms with Crippen LogP contribution in [0.1, 0.15) is 20.3 Å². The summed E-state index contributed by atoms with van der Waals surface area (Å²) >= 11 is 0. The van der Waals surface area contributed by atoms with Crippen LogP contribution in [0.15, 0.2) is 30.3 Å². The zero-order chi connectivity index (χ0) is 14.6. The Morgan fingerprint density at radius 3 is 2.40 bits per heavy atom. The number of carbonyl (C=O) groups is 1. The van der Waals surface area contributed by atoms with Crippen LogP contribution in [0.3, 0.4) is 0 Å². The number of ether oxygens (including phenoxy) is 3. The summed E-state index contributed by atoms with van der Waals surface area (Å²) in [5.74, 6) is 0.687. The topological polar surface area (TPSA) is 56.8 Å². The highest BCUT2D eigenvalue weighted by atomic mass is 16.7. The van der Waals surface area contributed by atoms with E-state index in [0.29, 0.717) is 32.8 Å². The van der Waals surface area contributed by atoms with Crippen molar-refractivity contribution in [1.82, 2.24) is 5.32 Å². The van der Waals surface area contributed by atoms with Gasteiger partial charge in [0.15, 0.2) is 6.29 Å². The highest BCUT2D eigenvalue weighted by Gasteiger charge is 2.09. The first-order valence-electron chi connectivity index (χ1n) is 6.94. The summed E-state index contributed by atoms with van der Waals surface area (Å²) < 4.78 is 16.1. The van der Waals surface area contributed by atoms with Gasteiger partial charge in [-0.2, -0.15) is 0 Å². The number of rotatable bonds is 10. The molecule has 5 heteroatoms. The molecule has 20 heavy (non-hydrogen) atoms. The summed E-state index contributed by atoms with van der Waals surface area (Å²) in [6.45, 7) is 5.59. The molecule has 1 rings (SSSR count). The summed E-state index contributed by atoms with van der Waals surface area (Å²) in [5, 5.41) is 2.77. The van der Waals surface area contributed by atoms with Crippen molar-refractivity contribution < 1.29 is 19.0 Å². The van der Waals surface area contributed by atoms with Gasteiger partial charge >= 0.3 is 0 Å². The van der Waals surface area contributed by atoms with Crippen LogP contribution in [-0.2, 0) is 14.3 Å². The van der Waals surface area contributed by atoms with E-state index in [2.05, 4.69) is 5.32 Å². The SMILES string of the molecule is CCOC(CNC(=O)CCOc1ccccc1)OCC. The van der Waals surface area contributed by atoms with Crippen LogP contribution in [0.2, 0.25) is 0 Å². The molecule has 0 aliphatic rings. The van der Waals surface area contributed by atoms with Crippen molar-refractivity contribution >= 4 is 5.91 Å². The summed E-state index contributed by atoms with van der Waals surface area (Å²) in [6, 6.07) is 9.42. The van der Waals surface area contributed by atoms with Gasteiger partial charge in [0.25, 0.3) is 0 Å². The second-order valence-corrected chi connectivity index (χ2v) is 4.06. The molecule has 0 aromatic heterocycles. The van der Waals surface area contributed by atoms with Crippen LogP contribution in [0.25, 0.3) is 0 Å². The van der Waals surface area contributed by atoms with Gasteiger partial charge in [0.05, 0.1) is 19.6 Å². The zero-order valence-corrected chi connectivity index (χ0v) is 12.1. The monoisotopic (exact) mass is 281 g/mol. The van der Waals surface area contributed by atoms with E-state index >= 15 is 0 Å². The molecule has 0 bridgehead atoms. The number of hydrogen-bond acceptors (Lipinski definition) is 4. The van der Waals surface area contributed by atoms with Gasteiger partial charge in [-0.05, 0) is 26.0 Å². The Hall–Kier alpha value is -1.59. The second-order valence-electron chi connectivity index (χ2n) is 4.06. The Morgan fingerprint density at radius 2 is 1.80 bits per heavy atom. The van der Waals surface area contributed by atoms with Gasteiger partial charge in [0.2, 0.25) is 5.91 Å². The standard InChI is InChI=1S/C15H23NO4/c1-3-18-15(19-4-2)12-16-14(17)10-11-20-13-8-6-5-7-9-13/h5-9,15H,3-4,10-12H2,1-2H3,(H,16,17). The molecular weight excluding hydrogens is 258 g/mol. The summed E-state index contributed by atoms with van der Waals surface area (Å²) in [5.41, 5.74) is 0. The fraction of sp³-hybridized carbons (Fsp3) is 0.533. The van der Waals surface area contributed by atoms with Gasteiger partial charge in [0, 0.05) is 13.2 Å². The highest BCUT2D eigenvalue weighted by Crippen LogP contribution is 2.08. The molecule has 0 atom stereocenters. The molecule has 0 radical (unpaired) electrons. The first kappa shape index (κ1) is 16.5. The normalized spacial score (nSPS) is 10.6. The minimum absolute atomic E-state index is 0.0784. The van der Waals surface area contributed by atoms with Gasteiger partial charge in [-0.3, -0.25) is 4.79 Å². The second kappa shape index (κ2) is 10.2. The van der Waals surface area contributed by atoms with Crippen LogP contribution < -0.4 is 10.1 Å². The maximum Gasteiger partial charge on any atom is 0.223 e. The molecule has 0 heterocycles. The molecule has 1 aromatic rings. The molecule has 0 saturated carbocycles. The lowest BCUT2D eigenvalue weighted by Crippen LogP contribution is -2.35. The molecular formula is C15H23NO4. The summed E-state index contributed by atoms with van der Waals surface area (Å²) in [7, 11) is 0. The first-order valence-corrected chi connectivity index (χ1v) is 6.94. The number of nitrogens with one attached hydrogen (secondary N) is 1. The predicted molar refractivity (Wildman–Crippen MR) is 76.6 cm³/mol. The van der Waals surface area contributed by atoms with Crippen molar-refractivity contribution in [3.63, 3.8) is 0 Å². The number of amides is 1. The Balaban J connectivity index is 2.16. The van der Waals surface area contributed by atoms with E-state index < -0.39 is 0 Å². The van der Waals surface area contributed by atoms with Crippen molar-refractivity contribution in [2.45, 2.75) is 26.6 Å². The lowest BCUT2D eigenvalue weighted by molar-refractivity contribution is -0.140. The van der Waals surface area contributed by atoms with Crippen LogP contribution >= 0.6 is 0 Å². The molecule has 1 aromatic carbocycles. The lowest BCUT2D eigenvalue weighted by atomic mass is 10.3. The fourth-order valence-electron chi connectivity index (χ4n) is 1.60. The number of para-hydroxylation sites is 1. The van der Waals surface area contributed by atoms with Gasteiger partial charge in [-0.1, -0.05) is 18.2 Å². The summed E-state index contributed by atoms with van der Waals surface area (Å²) in [4.78, 5) is 11.6. The molecule has 0 aliphatic heterocycles. The predicted octanol–water partition coefficient (Wildman–Crippen LogP) is 1.97. The molecule has 112 valence electrons. The Bertz CT molecular complexity index is 363. The van der Waals surface area contributed by atoms with Crippen molar-refractivity contribution in [1.29, 1.82) is 0 Å². The van der Waals surface area contributed by atoms with E-state index in [-0.39, 0.29) is 12.2 Å². The highest BCUT2D eigenvalue weighted by molar-refractivity contribution is 5.75. The quantitative estimate of drug-likeness (QED) is 0.666. The van der Waals surface area contributed by atoms with Crippen molar-refractivity contribution in [3.8, 4) is 5.75 Å². The van der Waals surface area contributed by atoms with Crippen LogP contribution in [0.5, 0.6) is 5.75 Å². The number of carbonyl (C=O) groups excluding carboxylic acids is 1. The van der Waals surface area contributed by atoms with Crippen LogP contribution in [0.4, 0.5) is 0 Å². The van der Waals surface area contributed by atoms with Crippen molar-refractivity contribution in [2.24, 2.45) is 0 Å². The van der Waals surface area contributed by atoms with Gasteiger partial charge in [-0.25, -0.2) is 0 Å². The lowest BCUT2D eigenvalue weighted by Gasteiger charge is -2.17. The third-order valence-electron chi connectivity index (χ3n) is 2.51. The minimum Gasteiger partial charge on any atom is -0.493 e. The first-order chi connectivity index (χ1) is 9.76. The number of benzene rings is 1. The van der Waals surface area contributed by atoms with E-state index in [1.165, 1.54) is 0 Å². The fourth-order valence-corrected chi connectivity index (χ4v) is 1.60. The minimum atomic E-state index is -0.385. The third-order valence-corrected chi connectivity index (χ3v) is 2.51. The van der Waals surface area contributed by atoms with Gasteiger partial charge < -0.3 is 19.5 Å². The molecule has 0 saturated heterocycles. The largest absolute Gasteiger partial charge is 0.493 e. The average Bonchev–Trinajstić information content (AvgIpc) is 2.46. The van der Waals surface area contributed by atoms with Crippen molar-refractivity contribution in [3.05, 3.63) is 30.3 Å². The molecule has 1 N–H and O–H groups in total. The van der Waals surface area contributed by atoms with E-state index in [1.54, 1.807) is 0 Å². The van der Waals surface area contributed by atoms with Crippen LogP contribution in [-0.4, -0.2) is 38.6 Å². The third kappa shape index (κ3) is 7.11. The molecule has 0 unspecified atom stereocenters. The van der Waals surface area contributed by atoms with E-state index in [9.17, 15) is 4.79 Å². The van der Waals surface area contributed by atoms with Crippen LogP contribution in [0, 0.1) is 0 Å². The van der Waals surface area contributed by atoms with Gasteiger partial charge in [-0.15, -0.1) is 0 Å². The van der Waals surface area contributed by atoms with E-state index in [0.717, 1.165) is 5.75 Å². The Labute approximate surface area is 120 Å². The summed E-state index contributed by atoms with van der Waals surface area (Å²) in [6.07, 6.45) is -0.0798. The Morgan fingerprint density at radius 1 is 1.15 bits per heavy atom. The smallest absolute Gasteiger partial charge is 0.223 e. The molecule has 0 spiro atoms. The van der Waals surface area contributed by atoms with Crippen molar-refractivity contribution in [2.75, 3.05) is 26.4 Å². The molecule has 0 aliphatic carbocycles. The van der Waals surface area contributed by atoms with Gasteiger partial charge in [0.1, 0.15) is 5.75 Å². The number of hydrogen-bond donors (Lipinski definition) is 1. The zero-order valence-electron chi connectivity index (χ0n) is 12.1. The Kier molecular flexibility index (Phi) is 8.42. The molecule has 1 amide bonds. The maximum atomic E-state index is 11.6. The average molecular weight is 281 g/mol. The van der Waals surface area contributed by atoms with E-state index in [4.69, 9.17) is 14.2 Å². The van der Waals surface area contributed by atoms with E-state index in [1.807, 2.05) is 44.2 Å². The molecule has 5 nitrogen and oxygen atoms in total. The maximum absolute atomic E-state index is 11.6. The molecule has 0 fully saturated rings.